The highest BCUT2D eigenvalue weighted by Gasteiger charge is 2.43. The van der Waals surface area contributed by atoms with E-state index in [1.165, 1.54) is 44.8 Å². The normalized spacial score (nSPS) is 20.7. The van der Waals surface area contributed by atoms with Gasteiger partial charge in [0.1, 0.15) is 5.84 Å². The molecule has 2 saturated heterocycles. The highest BCUT2D eigenvalue weighted by Crippen LogP contribution is 2.39. The summed E-state index contributed by atoms with van der Waals surface area (Å²) in [6.07, 6.45) is 11.3. The molecule has 3 aliphatic rings. The summed E-state index contributed by atoms with van der Waals surface area (Å²) in [5.41, 5.74) is 2.81. The van der Waals surface area contributed by atoms with Gasteiger partial charge in [-0.1, -0.05) is 30.7 Å². The van der Waals surface area contributed by atoms with Gasteiger partial charge in [0, 0.05) is 12.1 Å². The van der Waals surface area contributed by atoms with Crippen molar-refractivity contribution in [3.05, 3.63) is 46.5 Å². The minimum absolute atomic E-state index is 0.175. The Morgan fingerprint density at radius 2 is 1.97 bits per heavy atom. The Morgan fingerprint density at radius 3 is 2.68 bits per heavy atom. The van der Waals surface area contributed by atoms with E-state index in [4.69, 9.17) is 11.6 Å². The van der Waals surface area contributed by atoms with E-state index in [0.29, 0.717) is 23.0 Å². The molecule has 3 heterocycles. The monoisotopic (exact) mass is 462 g/mol. The zero-order valence-electron chi connectivity index (χ0n) is 18.2. The molecule has 0 bridgehead atoms. The average molecular weight is 463 g/mol. The summed E-state index contributed by atoms with van der Waals surface area (Å²) in [7, 11) is -3.79. The number of aliphatic imine (C=N–C) groups is 1. The molecule has 0 unspecified atom stereocenters. The van der Waals surface area contributed by atoms with E-state index >= 15 is 0 Å². The van der Waals surface area contributed by atoms with Gasteiger partial charge in [0.25, 0.3) is 10.0 Å². The third-order valence-corrected chi connectivity index (χ3v) is 8.51. The zero-order valence-corrected chi connectivity index (χ0v) is 19.8. The molecule has 0 spiro atoms. The molecule has 2 N–H and O–H groups in total. The number of benzene rings is 1. The van der Waals surface area contributed by atoms with Crippen LogP contribution < -0.4 is 10.0 Å². The van der Waals surface area contributed by atoms with E-state index in [-0.39, 0.29) is 10.4 Å². The SMILES string of the molecule is CCC1=CC=CC(NS(=O)(=O)c2cc(Cl)c(NCC34CCCN3CCC4)cc2C)=NC1. The Bertz CT molecular complexity index is 1040. The second-order valence-electron chi connectivity index (χ2n) is 8.71. The predicted octanol–water partition coefficient (Wildman–Crippen LogP) is 4.27. The lowest BCUT2D eigenvalue weighted by Crippen LogP contribution is -2.44. The van der Waals surface area contributed by atoms with Crippen LogP contribution in [0.3, 0.4) is 0 Å². The second kappa shape index (κ2) is 8.96. The summed E-state index contributed by atoms with van der Waals surface area (Å²) in [5, 5.41) is 3.92. The van der Waals surface area contributed by atoms with Gasteiger partial charge in [0.2, 0.25) is 0 Å². The van der Waals surface area contributed by atoms with Crippen molar-refractivity contribution in [1.82, 2.24) is 9.62 Å². The molecule has 168 valence electrons. The fourth-order valence-corrected chi connectivity index (χ4v) is 6.49. The van der Waals surface area contributed by atoms with Crippen molar-refractivity contribution in [3.63, 3.8) is 0 Å². The third kappa shape index (κ3) is 4.69. The molecular formula is C23H31ClN4O2S. The number of sulfonamides is 1. The summed E-state index contributed by atoms with van der Waals surface area (Å²) < 4.78 is 28.7. The lowest BCUT2D eigenvalue weighted by Gasteiger charge is -2.32. The van der Waals surface area contributed by atoms with E-state index in [0.717, 1.165) is 24.2 Å². The van der Waals surface area contributed by atoms with Crippen LogP contribution >= 0.6 is 11.6 Å². The summed E-state index contributed by atoms with van der Waals surface area (Å²) in [6.45, 7) is 7.53. The maximum Gasteiger partial charge on any atom is 0.263 e. The summed E-state index contributed by atoms with van der Waals surface area (Å²) in [4.78, 5) is 7.14. The minimum Gasteiger partial charge on any atom is -0.382 e. The molecule has 0 radical (unpaired) electrons. The van der Waals surface area contributed by atoms with Crippen molar-refractivity contribution in [3.8, 4) is 0 Å². The first kappa shape index (κ1) is 22.4. The number of hydrogen-bond acceptors (Lipinski definition) is 5. The number of rotatable bonds is 6. The van der Waals surface area contributed by atoms with Crippen LogP contribution in [0.4, 0.5) is 5.69 Å². The van der Waals surface area contributed by atoms with Gasteiger partial charge in [-0.05, 0) is 81.5 Å². The van der Waals surface area contributed by atoms with Crippen LogP contribution in [0.1, 0.15) is 44.6 Å². The Labute approximate surface area is 190 Å². The van der Waals surface area contributed by atoms with E-state index in [9.17, 15) is 8.42 Å². The van der Waals surface area contributed by atoms with Crippen LogP contribution in [0.2, 0.25) is 5.02 Å². The number of nitrogens with one attached hydrogen (secondary N) is 2. The van der Waals surface area contributed by atoms with Gasteiger partial charge in [-0.2, -0.15) is 0 Å². The number of aryl methyl sites for hydroxylation is 1. The molecule has 31 heavy (non-hydrogen) atoms. The number of fused-ring (bicyclic) bond motifs is 1. The van der Waals surface area contributed by atoms with Crippen molar-refractivity contribution in [2.24, 2.45) is 4.99 Å². The minimum atomic E-state index is -3.79. The topological polar surface area (TPSA) is 73.8 Å². The Hall–Kier alpha value is -1.83. The van der Waals surface area contributed by atoms with Crippen molar-refractivity contribution < 1.29 is 8.42 Å². The fraction of sp³-hybridized carbons (Fsp3) is 0.522. The maximum absolute atomic E-state index is 13.0. The Kier molecular flexibility index (Phi) is 6.47. The van der Waals surface area contributed by atoms with Gasteiger partial charge in [0.05, 0.1) is 22.2 Å². The number of hydrogen-bond donors (Lipinski definition) is 2. The molecule has 2 fully saturated rings. The van der Waals surface area contributed by atoms with E-state index in [1.54, 1.807) is 13.0 Å². The van der Waals surface area contributed by atoms with E-state index in [1.807, 2.05) is 18.2 Å². The van der Waals surface area contributed by atoms with Gasteiger partial charge in [-0.25, -0.2) is 8.42 Å². The van der Waals surface area contributed by atoms with Crippen LogP contribution in [0, 0.1) is 6.92 Å². The first-order valence-electron chi connectivity index (χ1n) is 11.1. The molecule has 0 atom stereocenters. The van der Waals surface area contributed by atoms with Crippen LogP contribution in [0.15, 0.2) is 45.8 Å². The molecule has 0 saturated carbocycles. The molecule has 3 aliphatic heterocycles. The van der Waals surface area contributed by atoms with E-state index in [2.05, 4.69) is 26.9 Å². The Balaban J connectivity index is 1.49. The smallest absolute Gasteiger partial charge is 0.263 e. The Morgan fingerprint density at radius 1 is 1.23 bits per heavy atom. The van der Waals surface area contributed by atoms with Gasteiger partial charge < -0.3 is 5.32 Å². The van der Waals surface area contributed by atoms with E-state index < -0.39 is 10.0 Å². The number of nitrogens with zero attached hydrogens (tertiary/aromatic N) is 2. The van der Waals surface area contributed by atoms with Crippen molar-refractivity contribution in [1.29, 1.82) is 0 Å². The van der Waals surface area contributed by atoms with Crippen LogP contribution in [0.5, 0.6) is 0 Å². The third-order valence-electron chi connectivity index (χ3n) is 6.70. The van der Waals surface area contributed by atoms with Gasteiger partial charge in [-0.15, -0.1) is 0 Å². The van der Waals surface area contributed by atoms with Gasteiger partial charge in [-0.3, -0.25) is 14.6 Å². The average Bonchev–Trinajstić information content (AvgIpc) is 3.22. The van der Waals surface area contributed by atoms with Crippen LogP contribution in [0.25, 0.3) is 0 Å². The number of allylic oxidation sites excluding steroid dienone is 2. The standard InChI is InChI=1S/C23H31ClN4O2S/c1-3-18-7-4-8-22(25-15-18)27-31(29,30)21-14-19(24)20(13-17(21)2)26-16-23-9-5-11-28(23)12-6-10-23/h4,7-8,13-14,26H,3,5-6,9-12,15-16H2,1-2H3,(H,25,27). The summed E-state index contributed by atoms with van der Waals surface area (Å²) in [6, 6.07) is 3.38. The van der Waals surface area contributed by atoms with Crippen molar-refractivity contribution >= 4 is 33.1 Å². The molecule has 8 heteroatoms. The highest BCUT2D eigenvalue weighted by molar-refractivity contribution is 7.90. The first-order chi connectivity index (χ1) is 14.8. The molecule has 0 amide bonds. The molecule has 1 aromatic carbocycles. The van der Waals surface area contributed by atoms with Crippen molar-refractivity contribution in [2.45, 2.75) is 56.4 Å². The summed E-state index contributed by atoms with van der Waals surface area (Å²) in [5.74, 6) is 0.332. The molecule has 4 rings (SSSR count). The number of amidine groups is 1. The lowest BCUT2D eigenvalue weighted by molar-refractivity contribution is 0.209. The molecule has 1 aromatic rings. The van der Waals surface area contributed by atoms with Crippen molar-refractivity contribution in [2.75, 3.05) is 31.5 Å². The lowest BCUT2D eigenvalue weighted by atomic mass is 9.94. The van der Waals surface area contributed by atoms with Crippen LogP contribution in [-0.4, -0.2) is 50.9 Å². The second-order valence-corrected chi connectivity index (χ2v) is 10.8. The predicted molar refractivity (Wildman–Crippen MR) is 128 cm³/mol. The van der Waals surface area contributed by atoms with Gasteiger partial charge >= 0.3 is 0 Å². The first-order valence-corrected chi connectivity index (χ1v) is 12.9. The maximum atomic E-state index is 13.0. The molecular weight excluding hydrogens is 432 g/mol. The highest BCUT2D eigenvalue weighted by atomic mass is 35.5. The largest absolute Gasteiger partial charge is 0.382 e. The van der Waals surface area contributed by atoms with Crippen LogP contribution in [-0.2, 0) is 10.0 Å². The quantitative estimate of drug-likeness (QED) is 0.662. The zero-order chi connectivity index (χ0) is 22.1. The number of halogens is 1. The molecule has 6 nitrogen and oxygen atoms in total. The molecule has 0 aliphatic carbocycles. The molecule has 0 aromatic heterocycles. The number of anilines is 1. The van der Waals surface area contributed by atoms with Gasteiger partial charge in [0.15, 0.2) is 0 Å². The fourth-order valence-electron chi connectivity index (χ4n) is 4.92. The summed E-state index contributed by atoms with van der Waals surface area (Å²) >= 11 is 6.52.